The van der Waals surface area contributed by atoms with Gasteiger partial charge in [-0.15, -0.1) is 0 Å². The minimum atomic E-state index is -2.28. The second-order valence-electron chi connectivity index (χ2n) is 4.41. The van der Waals surface area contributed by atoms with Crippen LogP contribution in [-0.4, -0.2) is 53.1 Å². The van der Waals surface area contributed by atoms with E-state index in [2.05, 4.69) is 30.9 Å². The number of rotatable bonds is 2. The van der Waals surface area contributed by atoms with E-state index in [4.69, 9.17) is 15.6 Å². The van der Waals surface area contributed by atoms with Gasteiger partial charge in [-0.25, -0.2) is 19.3 Å². The smallest absolute Gasteiger partial charge is 0.237 e. The van der Waals surface area contributed by atoms with E-state index in [1.807, 2.05) is 0 Å². The molecule has 4 atom stereocenters. The lowest BCUT2D eigenvalue weighted by Crippen LogP contribution is -2.37. The molecule has 0 aromatic carbocycles. The number of anilines is 1. The van der Waals surface area contributed by atoms with Crippen LogP contribution in [0.15, 0.2) is 12.7 Å². The van der Waals surface area contributed by atoms with Crippen LogP contribution < -0.4 is 5.73 Å². The predicted octanol–water partition coefficient (Wildman–Crippen LogP) is -0.280. The zero-order valence-electron chi connectivity index (χ0n) is 10.0. The summed E-state index contributed by atoms with van der Waals surface area (Å²) in [7, 11) is 0. The first kappa shape index (κ1) is 13.6. The van der Waals surface area contributed by atoms with Gasteiger partial charge in [0.05, 0.1) is 12.9 Å². The highest BCUT2D eigenvalue weighted by Gasteiger charge is 2.57. The molecule has 1 aliphatic heterocycles. The van der Waals surface area contributed by atoms with Crippen molar-refractivity contribution in [2.45, 2.75) is 23.0 Å². The summed E-state index contributed by atoms with van der Waals surface area (Å²) < 4.78 is 18.9. The van der Waals surface area contributed by atoms with Crippen LogP contribution in [0.5, 0.6) is 0 Å². The number of fused-ring (bicyclic) bond motifs is 1. The van der Waals surface area contributed by atoms with E-state index < -0.39 is 29.6 Å². The summed E-state index contributed by atoms with van der Waals surface area (Å²) >= 11 is 2.81. The van der Waals surface area contributed by atoms with Crippen LogP contribution in [0.1, 0.15) is 6.23 Å². The third-order valence-corrected chi connectivity index (χ3v) is 4.06. The number of hydrogen-bond donors (Lipinski definition) is 3. The summed E-state index contributed by atoms with van der Waals surface area (Å²) in [5.74, 6) is 0.157. The maximum Gasteiger partial charge on any atom is 0.237 e. The van der Waals surface area contributed by atoms with Crippen molar-refractivity contribution >= 4 is 32.9 Å². The number of nitrogens with two attached hydrogens (primary N) is 1. The number of imidazole rings is 1. The fourth-order valence-corrected chi connectivity index (χ4v) is 2.78. The predicted molar refractivity (Wildman–Crippen MR) is 69.5 cm³/mol. The van der Waals surface area contributed by atoms with Gasteiger partial charge in [0.15, 0.2) is 17.7 Å². The second-order valence-corrected chi connectivity index (χ2v) is 5.63. The van der Waals surface area contributed by atoms with Gasteiger partial charge in [0.2, 0.25) is 4.58 Å². The number of aliphatic hydroxyl groups is 2. The summed E-state index contributed by atoms with van der Waals surface area (Å²) in [6.07, 6.45) is -1.31. The molecule has 8 nitrogen and oxygen atoms in total. The van der Waals surface area contributed by atoms with E-state index in [-0.39, 0.29) is 11.5 Å². The number of halogens is 2. The number of aliphatic hydroxyl groups excluding tert-OH is 2. The van der Waals surface area contributed by atoms with Crippen LogP contribution in [0.25, 0.3) is 11.2 Å². The molecule has 20 heavy (non-hydrogen) atoms. The molecule has 2 unspecified atom stereocenters. The molecule has 2 aromatic rings. The molecular formula is C10H11BrFN5O3. The van der Waals surface area contributed by atoms with Gasteiger partial charge in [-0.3, -0.25) is 4.57 Å². The number of ether oxygens (including phenoxy) is 1. The van der Waals surface area contributed by atoms with Gasteiger partial charge in [-0.2, -0.15) is 0 Å². The molecule has 1 fully saturated rings. The van der Waals surface area contributed by atoms with Crippen molar-refractivity contribution in [3.63, 3.8) is 0 Å². The molecule has 2 aromatic heterocycles. The first-order chi connectivity index (χ1) is 9.46. The van der Waals surface area contributed by atoms with E-state index in [0.717, 1.165) is 0 Å². The Morgan fingerprint density at radius 1 is 1.50 bits per heavy atom. The van der Waals surface area contributed by atoms with Crippen molar-refractivity contribution in [3.8, 4) is 0 Å². The third-order valence-electron chi connectivity index (χ3n) is 3.20. The standard InChI is InChI=1S/C10H11BrFN5O3/c11-10(12)6(19)4(1-18)20-9(10)17-3-16-5-7(13)14-2-15-8(5)17/h2-4,6,9,18-19H,1H2,(H2,13,14,15)/t4-,6?,9-,10?/m1/s1. The summed E-state index contributed by atoms with van der Waals surface area (Å²) in [6.45, 7) is -0.515. The molecule has 0 bridgehead atoms. The van der Waals surface area contributed by atoms with E-state index in [1.165, 1.54) is 17.2 Å². The van der Waals surface area contributed by atoms with Crippen LogP contribution in [-0.2, 0) is 4.74 Å². The molecule has 108 valence electrons. The molecule has 3 rings (SSSR count). The van der Waals surface area contributed by atoms with Crippen LogP contribution in [0.4, 0.5) is 10.2 Å². The molecule has 3 heterocycles. The normalized spacial score (nSPS) is 33.9. The monoisotopic (exact) mass is 347 g/mol. The SMILES string of the molecule is Nc1ncnc2c1ncn2[C@@H]1O[C@H](CO)C(O)C1(F)Br. The van der Waals surface area contributed by atoms with E-state index in [1.54, 1.807) is 0 Å². The number of nitrogens with zero attached hydrogens (tertiary/aromatic N) is 4. The lowest BCUT2D eigenvalue weighted by molar-refractivity contribution is -0.0472. The Bertz CT molecular complexity index is 651. The summed E-state index contributed by atoms with van der Waals surface area (Å²) in [6, 6.07) is 0. The highest BCUT2D eigenvalue weighted by molar-refractivity contribution is 9.10. The fraction of sp³-hybridized carbons (Fsp3) is 0.500. The molecular weight excluding hydrogens is 337 g/mol. The van der Waals surface area contributed by atoms with E-state index in [0.29, 0.717) is 5.52 Å². The molecule has 10 heteroatoms. The third kappa shape index (κ3) is 1.79. The lowest BCUT2D eigenvalue weighted by atomic mass is 10.1. The number of aromatic nitrogens is 4. The summed E-state index contributed by atoms with van der Waals surface area (Å²) in [4.78, 5) is 11.8. The maximum atomic E-state index is 14.6. The Labute approximate surface area is 120 Å². The summed E-state index contributed by atoms with van der Waals surface area (Å²) in [5, 5.41) is 18.9. The van der Waals surface area contributed by atoms with Gasteiger partial charge in [-0.05, 0) is 15.9 Å². The Kier molecular flexibility index (Phi) is 3.12. The van der Waals surface area contributed by atoms with E-state index in [9.17, 15) is 9.50 Å². The molecule has 1 aliphatic rings. The first-order valence-electron chi connectivity index (χ1n) is 5.72. The Morgan fingerprint density at radius 3 is 2.90 bits per heavy atom. The zero-order chi connectivity index (χ0) is 14.5. The minimum Gasteiger partial charge on any atom is -0.394 e. The van der Waals surface area contributed by atoms with Crippen LogP contribution in [0, 0.1) is 0 Å². The zero-order valence-corrected chi connectivity index (χ0v) is 11.6. The summed E-state index contributed by atoms with van der Waals surface area (Å²) in [5.41, 5.74) is 6.23. The molecule has 0 aliphatic carbocycles. The average molecular weight is 348 g/mol. The second kappa shape index (κ2) is 4.58. The van der Waals surface area contributed by atoms with Crippen molar-refractivity contribution in [2.24, 2.45) is 0 Å². The van der Waals surface area contributed by atoms with Crippen LogP contribution in [0.2, 0.25) is 0 Å². The highest BCUT2D eigenvalue weighted by atomic mass is 79.9. The van der Waals surface area contributed by atoms with Crippen molar-refractivity contribution in [1.82, 2.24) is 19.5 Å². The Morgan fingerprint density at radius 2 is 2.25 bits per heavy atom. The van der Waals surface area contributed by atoms with Gasteiger partial charge < -0.3 is 20.7 Å². The Balaban J connectivity index is 2.10. The largest absolute Gasteiger partial charge is 0.394 e. The van der Waals surface area contributed by atoms with Crippen molar-refractivity contribution in [1.29, 1.82) is 0 Å². The first-order valence-corrected chi connectivity index (χ1v) is 6.51. The van der Waals surface area contributed by atoms with Crippen LogP contribution in [0.3, 0.4) is 0 Å². The van der Waals surface area contributed by atoms with Crippen molar-refractivity contribution < 1.29 is 19.3 Å². The van der Waals surface area contributed by atoms with Gasteiger partial charge in [0, 0.05) is 0 Å². The number of nitrogen functional groups attached to an aromatic ring is 1. The van der Waals surface area contributed by atoms with Crippen molar-refractivity contribution in [2.75, 3.05) is 12.3 Å². The molecule has 4 N–H and O–H groups in total. The number of alkyl halides is 2. The van der Waals surface area contributed by atoms with E-state index >= 15 is 0 Å². The molecule has 0 amide bonds. The molecule has 1 saturated heterocycles. The Hall–Kier alpha value is -1.36. The van der Waals surface area contributed by atoms with Gasteiger partial charge in [0.25, 0.3) is 0 Å². The number of hydrogen-bond acceptors (Lipinski definition) is 7. The molecule has 0 radical (unpaired) electrons. The quantitative estimate of drug-likeness (QED) is 0.639. The maximum absolute atomic E-state index is 14.6. The van der Waals surface area contributed by atoms with Gasteiger partial charge in [0.1, 0.15) is 24.1 Å². The highest BCUT2D eigenvalue weighted by Crippen LogP contribution is 2.46. The van der Waals surface area contributed by atoms with Gasteiger partial charge >= 0.3 is 0 Å². The lowest BCUT2D eigenvalue weighted by Gasteiger charge is -2.22. The average Bonchev–Trinajstić information content (AvgIpc) is 2.92. The van der Waals surface area contributed by atoms with Crippen LogP contribution >= 0.6 is 15.9 Å². The molecule has 0 saturated carbocycles. The topological polar surface area (TPSA) is 119 Å². The minimum absolute atomic E-state index is 0.157. The molecule has 0 spiro atoms. The van der Waals surface area contributed by atoms with Crippen molar-refractivity contribution in [3.05, 3.63) is 12.7 Å². The van der Waals surface area contributed by atoms with Gasteiger partial charge in [-0.1, -0.05) is 0 Å². The fourth-order valence-electron chi connectivity index (χ4n) is 2.16.